The summed E-state index contributed by atoms with van der Waals surface area (Å²) >= 11 is 1.62. The molecule has 5 heteroatoms. The molecule has 0 bridgehead atoms. The standard InChI is InChI=1S/C15H15NO3S/c1-12-4-2-3-5-15(12)19-10-11-20-14-8-6-13(7-9-14)16(17)18/h2-9H,10-11H2,1H3. The van der Waals surface area contributed by atoms with Gasteiger partial charge in [0.15, 0.2) is 0 Å². The zero-order valence-electron chi connectivity index (χ0n) is 11.1. The van der Waals surface area contributed by atoms with Crippen LogP contribution in [0.4, 0.5) is 5.69 Å². The van der Waals surface area contributed by atoms with Gasteiger partial charge >= 0.3 is 0 Å². The van der Waals surface area contributed by atoms with Crippen molar-refractivity contribution in [1.29, 1.82) is 0 Å². The molecule has 2 rings (SSSR count). The number of para-hydroxylation sites is 1. The second kappa shape index (κ2) is 6.96. The molecule has 2 aromatic rings. The Morgan fingerprint density at radius 3 is 2.50 bits per heavy atom. The van der Waals surface area contributed by atoms with Crippen molar-refractivity contribution in [2.24, 2.45) is 0 Å². The van der Waals surface area contributed by atoms with E-state index < -0.39 is 4.92 Å². The Morgan fingerprint density at radius 2 is 1.85 bits per heavy atom. The highest BCUT2D eigenvalue weighted by molar-refractivity contribution is 7.99. The first-order valence-corrected chi connectivity index (χ1v) is 7.21. The van der Waals surface area contributed by atoms with Gasteiger partial charge in [-0.1, -0.05) is 18.2 Å². The lowest BCUT2D eigenvalue weighted by atomic mass is 10.2. The van der Waals surface area contributed by atoms with E-state index in [0.29, 0.717) is 6.61 Å². The molecular weight excluding hydrogens is 274 g/mol. The fraction of sp³-hybridized carbons (Fsp3) is 0.200. The Bertz CT molecular complexity index is 584. The van der Waals surface area contributed by atoms with Gasteiger partial charge in [0.25, 0.3) is 5.69 Å². The van der Waals surface area contributed by atoms with Crippen molar-refractivity contribution in [2.75, 3.05) is 12.4 Å². The molecule has 0 fully saturated rings. The zero-order valence-corrected chi connectivity index (χ0v) is 11.9. The van der Waals surface area contributed by atoms with Crippen molar-refractivity contribution in [2.45, 2.75) is 11.8 Å². The Kier molecular flexibility index (Phi) is 5.01. The van der Waals surface area contributed by atoms with Crippen molar-refractivity contribution in [3.05, 3.63) is 64.2 Å². The fourth-order valence-corrected chi connectivity index (χ4v) is 2.42. The fourth-order valence-electron chi connectivity index (χ4n) is 1.69. The van der Waals surface area contributed by atoms with Crippen LogP contribution in [0.3, 0.4) is 0 Å². The van der Waals surface area contributed by atoms with E-state index in [-0.39, 0.29) is 5.69 Å². The molecule has 0 amide bonds. The van der Waals surface area contributed by atoms with Crippen molar-refractivity contribution in [1.82, 2.24) is 0 Å². The van der Waals surface area contributed by atoms with Gasteiger partial charge in [0, 0.05) is 22.8 Å². The highest BCUT2D eigenvalue weighted by Crippen LogP contribution is 2.22. The third kappa shape index (κ3) is 3.99. The number of hydrogen-bond donors (Lipinski definition) is 0. The molecule has 0 aromatic heterocycles. The van der Waals surface area contributed by atoms with Gasteiger partial charge in [0.05, 0.1) is 11.5 Å². The maximum Gasteiger partial charge on any atom is 0.269 e. The molecule has 0 heterocycles. The monoisotopic (exact) mass is 289 g/mol. The van der Waals surface area contributed by atoms with E-state index in [4.69, 9.17) is 4.74 Å². The van der Waals surface area contributed by atoms with E-state index in [1.54, 1.807) is 23.9 Å². The van der Waals surface area contributed by atoms with Gasteiger partial charge < -0.3 is 4.74 Å². The molecule has 0 aliphatic heterocycles. The van der Waals surface area contributed by atoms with Crippen LogP contribution in [0.15, 0.2) is 53.4 Å². The average Bonchev–Trinajstić information content (AvgIpc) is 2.46. The molecule has 0 saturated carbocycles. The normalized spacial score (nSPS) is 10.2. The maximum absolute atomic E-state index is 10.5. The number of nitrogens with zero attached hydrogens (tertiary/aromatic N) is 1. The van der Waals surface area contributed by atoms with E-state index in [9.17, 15) is 10.1 Å². The number of hydrogen-bond acceptors (Lipinski definition) is 4. The van der Waals surface area contributed by atoms with Crippen molar-refractivity contribution in [3.63, 3.8) is 0 Å². The molecule has 0 unspecified atom stereocenters. The molecule has 0 aliphatic rings. The van der Waals surface area contributed by atoms with Gasteiger partial charge in [-0.2, -0.15) is 0 Å². The molecule has 2 aromatic carbocycles. The van der Waals surface area contributed by atoms with Crippen LogP contribution in [0.1, 0.15) is 5.56 Å². The number of benzene rings is 2. The first-order chi connectivity index (χ1) is 9.66. The molecular formula is C15H15NO3S. The quantitative estimate of drug-likeness (QED) is 0.348. The van der Waals surface area contributed by atoms with Gasteiger partial charge in [-0.05, 0) is 30.7 Å². The third-order valence-corrected chi connectivity index (χ3v) is 3.73. The van der Waals surface area contributed by atoms with E-state index in [1.165, 1.54) is 12.1 Å². The van der Waals surface area contributed by atoms with Crippen molar-refractivity contribution in [3.8, 4) is 5.75 Å². The minimum absolute atomic E-state index is 0.116. The van der Waals surface area contributed by atoms with Crippen LogP contribution in [-0.2, 0) is 0 Å². The highest BCUT2D eigenvalue weighted by atomic mass is 32.2. The predicted octanol–water partition coefficient (Wildman–Crippen LogP) is 4.07. The maximum atomic E-state index is 10.5. The van der Waals surface area contributed by atoms with Crippen LogP contribution in [0.2, 0.25) is 0 Å². The SMILES string of the molecule is Cc1ccccc1OCCSc1ccc([N+](=O)[O-])cc1. The minimum Gasteiger partial charge on any atom is -0.492 e. The topological polar surface area (TPSA) is 52.4 Å². The Labute approximate surface area is 121 Å². The van der Waals surface area contributed by atoms with Gasteiger partial charge in [0.2, 0.25) is 0 Å². The van der Waals surface area contributed by atoms with Crippen molar-refractivity contribution < 1.29 is 9.66 Å². The smallest absolute Gasteiger partial charge is 0.269 e. The second-order valence-corrected chi connectivity index (χ2v) is 5.38. The van der Waals surface area contributed by atoms with Gasteiger partial charge in [0.1, 0.15) is 5.75 Å². The molecule has 4 nitrogen and oxygen atoms in total. The van der Waals surface area contributed by atoms with E-state index >= 15 is 0 Å². The van der Waals surface area contributed by atoms with Crippen molar-refractivity contribution >= 4 is 17.4 Å². The molecule has 0 saturated heterocycles. The summed E-state index contributed by atoms with van der Waals surface area (Å²) in [7, 11) is 0. The average molecular weight is 289 g/mol. The van der Waals surface area contributed by atoms with Gasteiger partial charge in [-0.25, -0.2) is 0 Å². The second-order valence-electron chi connectivity index (χ2n) is 4.21. The lowest BCUT2D eigenvalue weighted by molar-refractivity contribution is -0.384. The third-order valence-electron chi connectivity index (χ3n) is 2.75. The molecule has 20 heavy (non-hydrogen) atoms. The Morgan fingerprint density at radius 1 is 1.15 bits per heavy atom. The van der Waals surface area contributed by atoms with E-state index in [1.807, 2.05) is 31.2 Å². The van der Waals surface area contributed by atoms with Crippen LogP contribution < -0.4 is 4.74 Å². The molecule has 0 spiro atoms. The Balaban J connectivity index is 1.79. The van der Waals surface area contributed by atoms with Crippen LogP contribution in [0.25, 0.3) is 0 Å². The lowest BCUT2D eigenvalue weighted by Crippen LogP contribution is -2.01. The van der Waals surface area contributed by atoms with Crippen LogP contribution >= 0.6 is 11.8 Å². The largest absolute Gasteiger partial charge is 0.492 e. The number of thioether (sulfide) groups is 1. The minimum atomic E-state index is -0.393. The molecule has 0 N–H and O–H groups in total. The summed E-state index contributed by atoms with van der Waals surface area (Å²) in [6.45, 7) is 2.62. The number of nitro groups is 1. The molecule has 0 atom stereocenters. The number of non-ortho nitro benzene ring substituents is 1. The first kappa shape index (κ1) is 14.4. The first-order valence-electron chi connectivity index (χ1n) is 6.22. The number of ether oxygens (including phenoxy) is 1. The van der Waals surface area contributed by atoms with E-state index in [2.05, 4.69) is 0 Å². The summed E-state index contributed by atoms with van der Waals surface area (Å²) in [6, 6.07) is 14.5. The summed E-state index contributed by atoms with van der Waals surface area (Å²) < 4.78 is 5.69. The van der Waals surface area contributed by atoms with E-state index in [0.717, 1.165) is 22.0 Å². The Hall–Kier alpha value is -2.01. The predicted molar refractivity (Wildman–Crippen MR) is 80.5 cm³/mol. The summed E-state index contributed by atoms with van der Waals surface area (Å²) in [5, 5.41) is 10.5. The van der Waals surface area contributed by atoms with Crippen LogP contribution in [0, 0.1) is 17.0 Å². The molecule has 0 aliphatic carbocycles. The van der Waals surface area contributed by atoms with Gasteiger partial charge in [-0.15, -0.1) is 11.8 Å². The number of rotatable bonds is 6. The summed E-state index contributed by atoms with van der Waals surface area (Å²) in [5.41, 5.74) is 1.23. The molecule has 0 radical (unpaired) electrons. The number of aryl methyl sites for hydroxylation is 1. The molecule has 104 valence electrons. The lowest BCUT2D eigenvalue weighted by Gasteiger charge is -2.08. The summed E-state index contributed by atoms with van der Waals surface area (Å²) in [4.78, 5) is 11.2. The van der Waals surface area contributed by atoms with Crippen LogP contribution in [-0.4, -0.2) is 17.3 Å². The highest BCUT2D eigenvalue weighted by Gasteiger charge is 2.04. The summed E-state index contributed by atoms with van der Waals surface area (Å²) in [5.74, 6) is 1.70. The summed E-state index contributed by atoms with van der Waals surface area (Å²) in [6.07, 6.45) is 0. The zero-order chi connectivity index (χ0) is 14.4. The van der Waals surface area contributed by atoms with Crippen LogP contribution in [0.5, 0.6) is 5.75 Å². The number of nitro benzene ring substituents is 1. The van der Waals surface area contributed by atoms with Gasteiger partial charge in [-0.3, -0.25) is 10.1 Å².